The Balaban J connectivity index is 2.11. The van der Waals surface area contributed by atoms with Crippen LogP contribution in [0.25, 0.3) is 0 Å². The summed E-state index contributed by atoms with van der Waals surface area (Å²) in [5, 5.41) is 5.38. The zero-order chi connectivity index (χ0) is 16.1. The summed E-state index contributed by atoms with van der Waals surface area (Å²) < 4.78 is 18.3. The molecule has 1 aromatic carbocycles. The van der Waals surface area contributed by atoms with Crippen molar-refractivity contribution in [2.24, 2.45) is 0 Å². The maximum atomic E-state index is 12.6. The zero-order valence-electron chi connectivity index (χ0n) is 12.3. The van der Waals surface area contributed by atoms with Crippen molar-refractivity contribution in [3.8, 4) is 11.6 Å². The second-order valence-corrected chi connectivity index (χ2v) is 4.60. The number of amides is 1. The monoisotopic (exact) mass is 301 g/mol. The lowest BCUT2D eigenvalue weighted by Crippen LogP contribution is -2.10. The molecular formula is C16H16FN3O2. The van der Waals surface area contributed by atoms with E-state index in [9.17, 15) is 9.18 Å². The van der Waals surface area contributed by atoms with Crippen LogP contribution in [0.4, 0.5) is 15.8 Å². The minimum atomic E-state index is -1.04. The van der Waals surface area contributed by atoms with Crippen molar-refractivity contribution in [2.75, 3.05) is 17.7 Å². The summed E-state index contributed by atoms with van der Waals surface area (Å²) in [7, 11) is 1.78. The van der Waals surface area contributed by atoms with Crippen molar-refractivity contribution in [1.82, 2.24) is 4.98 Å². The van der Waals surface area contributed by atoms with Crippen molar-refractivity contribution in [1.29, 1.82) is 0 Å². The van der Waals surface area contributed by atoms with E-state index in [0.29, 0.717) is 17.3 Å². The number of ether oxygens (including phenoxy) is 1. The van der Waals surface area contributed by atoms with Gasteiger partial charge in [-0.25, -0.2) is 9.37 Å². The van der Waals surface area contributed by atoms with Gasteiger partial charge in [-0.15, -0.1) is 0 Å². The Labute approximate surface area is 127 Å². The zero-order valence-corrected chi connectivity index (χ0v) is 12.3. The Kier molecular flexibility index (Phi) is 4.73. The number of carbonyl (C=O) groups excluding carboxylic acids is 1. The van der Waals surface area contributed by atoms with Gasteiger partial charge in [0.1, 0.15) is 5.75 Å². The highest BCUT2D eigenvalue weighted by Crippen LogP contribution is 2.28. The number of benzene rings is 1. The minimum absolute atomic E-state index is 0.446. The minimum Gasteiger partial charge on any atom is -0.437 e. The van der Waals surface area contributed by atoms with Crippen LogP contribution in [0.2, 0.25) is 0 Å². The number of aryl methyl sites for hydroxylation is 1. The lowest BCUT2D eigenvalue weighted by Gasteiger charge is -2.11. The Morgan fingerprint density at radius 3 is 2.59 bits per heavy atom. The Hall–Kier alpha value is -2.89. The molecule has 1 heterocycles. The molecule has 0 bridgehead atoms. The molecule has 1 aromatic heterocycles. The summed E-state index contributed by atoms with van der Waals surface area (Å²) in [6, 6.07) is 8.42. The number of rotatable bonds is 5. The number of pyridine rings is 1. The van der Waals surface area contributed by atoms with Gasteiger partial charge < -0.3 is 15.4 Å². The number of nitrogens with one attached hydrogen (secondary N) is 2. The van der Waals surface area contributed by atoms with Crippen molar-refractivity contribution >= 4 is 17.3 Å². The summed E-state index contributed by atoms with van der Waals surface area (Å²) in [4.78, 5) is 15.4. The average molecular weight is 301 g/mol. The van der Waals surface area contributed by atoms with Crippen LogP contribution in [0, 0.1) is 6.92 Å². The highest BCUT2D eigenvalue weighted by molar-refractivity contribution is 6.01. The lowest BCUT2D eigenvalue weighted by atomic mass is 10.3. The molecule has 0 saturated carbocycles. The third-order valence-electron chi connectivity index (χ3n) is 2.83. The van der Waals surface area contributed by atoms with Gasteiger partial charge in [-0.3, -0.25) is 4.79 Å². The molecule has 0 aliphatic heterocycles. The van der Waals surface area contributed by atoms with Gasteiger partial charge in [0.25, 0.3) is 5.91 Å². The van der Waals surface area contributed by atoms with Crippen molar-refractivity contribution in [3.05, 3.63) is 54.5 Å². The number of carbonyl (C=O) groups is 1. The molecule has 0 unspecified atom stereocenters. The standard InChI is InChI=1S/C16H16FN3O2/c1-10-8-14(18-3)16(19-9-10)22-13-6-4-12(5-7-13)20-15(21)11(2)17/h4-9,18H,2H2,1,3H3,(H,20,21). The molecule has 2 aromatic rings. The highest BCUT2D eigenvalue weighted by Gasteiger charge is 2.08. The fourth-order valence-electron chi connectivity index (χ4n) is 1.73. The van der Waals surface area contributed by atoms with E-state index in [4.69, 9.17) is 4.74 Å². The van der Waals surface area contributed by atoms with Crippen LogP contribution >= 0.6 is 0 Å². The second kappa shape index (κ2) is 6.71. The molecule has 0 aliphatic carbocycles. The van der Waals surface area contributed by atoms with Crippen LogP contribution in [0.1, 0.15) is 5.56 Å². The summed E-state index contributed by atoms with van der Waals surface area (Å²) in [6.45, 7) is 4.87. The van der Waals surface area contributed by atoms with E-state index in [-0.39, 0.29) is 0 Å². The van der Waals surface area contributed by atoms with Gasteiger partial charge in [-0.2, -0.15) is 0 Å². The maximum Gasteiger partial charge on any atom is 0.283 e. The first kappa shape index (κ1) is 15.5. The van der Waals surface area contributed by atoms with Gasteiger partial charge in [0.2, 0.25) is 5.88 Å². The molecule has 0 spiro atoms. The highest BCUT2D eigenvalue weighted by atomic mass is 19.1. The van der Waals surface area contributed by atoms with Crippen molar-refractivity contribution in [2.45, 2.75) is 6.92 Å². The number of anilines is 2. The fourth-order valence-corrected chi connectivity index (χ4v) is 1.73. The number of halogens is 1. The largest absolute Gasteiger partial charge is 0.437 e. The van der Waals surface area contributed by atoms with Crippen LogP contribution in [-0.4, -0.2) is 17.9 Å². The molecule has 0 radical (unpaired) electrons. The van der Waals surface area contributed by atoms with Gasteiger partial charge in [0.15, 0.2) is 5.83 Å². The predicted molar refractivity (Wildman–Crippen MR) is 83.9 cm³/mol. The molecule has 0 aliphatic rings. The fraction of sp³-hybridized carbons (Fsp3) is 0.125. The molecule has 0 saturated heterocycles. The first-order valence-electron chi connectivity index (χ1n) is 6.57. The van der Waals surface area contributed by atoms with Crippen LogP contribution in [-0.2, 0) is 4.79 Å². The van der Waals surface area contributed by atoms with E-state index in [1.807, 2.05) is 13.0 Å². The number of hydrogen-bond acceptors (Lipinski definition) is 4. The normalized spacial score (nSPS) is 9.95. The van der Waals surface area contributed by atoms with Crippen LogP contribution in [0.5, 0.6) is 11.6 Å². The van der Waals surface area contributed by atoms with E-state index in [1.54, 1.807) is 37.5 Å². The quantitative estimate of drug-likeness (QED) is 0.828. The van der Waals surface area contributed by atoms with E-state index in [1.165, 1.54) is 0 Å². The SMILES string of the molecule is C=C(F)C(=O)Nc1ccc(Oc2ncc(C)cc2NC)cc1. The molecule has 22 heavy (non-hydrogen) atoms. The molecule has 2 N–H and O–H groups in total. The van der Waals surface area contributed by atoms with Gasteiger partial charge in [0.05, 0.1) is 5.69 Å². The van der Waals surface area contributed by atoms with Crippen LogP contribution < -0.4 is 15.4 Å². The van der Waals surface area contributed by atoms with Crippen LogP contribution in [0.3, 0.4) is 0 Å². The predicted octanol–water partition coefficient (Wildman–Crippen LogP) is 3.65. The molecular weight excluding hydrogens is 285 g/mol. The number of hydrogen-bond donors (Lipinski definition) is 2. The van der Waals surface area contributed by atoms with E-state index in [2.05, 4.69) is 22.2 Å². The van der Waals surface area contributed by atoms with Crippen LogP contribution in [0.15, 0.2) is 48.9 Å². The second-order valence-electron chi connectivity index (χ2n) is 4.60. The van der Waals surface area contributed by atoms with Crippen molar-refractivity contribution in [3.63, 3.8) is 0 Å². The maximum absolute atomic E-state index is 12.6. The van der Waals surface area contributed by atoms with Gasteiger partial charge in [-0.05, 0) is 42.8 Å². The third-order valence-corrected chi connectivity index (χ3v) is 2.83. The summed E-state index contributed by atoms with van der Waals surface area (Å²) >= 11 is 0. The molecule has 0 fully saturated rings. The van der Waals surface area contributed by atoms with E-state index in [0.717, 1.165) is 11.3 Å². The smallest absolute Gasteiger partial charge is 0.283 e. The summed E-state index contributed by atoms with van der Waals surface area (Å²) in [6.07, 6.45) is 1.71. The average Bonchev–Trinajstić information content (AvgIpc) is 2.50. The molecule has 114 valence electrons. The first-order valence-corrected chi connectivity index (χ1v) is 6.57. The summed E-state index contributed by atoms with van der Waals surface area (Å²) in [5.74, 6) is -0.916. The number of nitrogens with zero attached hydrogens (tertiary/aromatic N) is 1. The molecule has 5 nitrogen and oxygen atoms in total. The van der Waals surface area contributed by atoms with Crippen molar-refractivity contribution < 1.29 is 13.9 Å². The first-order chi connectivity index (χ1) is 10.5. The molecule has 6 heteroatoms. The Morgan fingerprint density at radius 2 is 2.00 bits per heavy atom. The molecule has 2 rings (SSSR count). The summed E-state index contributed by atoms with van der Waals surface area (Å²) in [5.41, 5.74) is 2.23. The Morgan fingerprint density at radius 1 is 1.32 bits per heavy atom. The van der Waals surface area contributed by atoms with Gasteiger partial charge >= 0.3 is 0 Å². The van der Waals surface area contributed by atoms with E-state index >= 15 is 0 Å². The topological polar surface area (TPSA) is 63.2 Å². The Bertz CT molecular complexity index is 699. The number of aromatic nitrogens is 1. The molecule has 1 amide bonds. The lowest BCUT2D eigenvalue weighted by molar-refractivity contribution is -0.114. The molecule has 0 atom stereocenters. The van der Waals surface area contributed by atoms with Gasteiger partial charge in [-0.1, -0.05) is 6.58 Å². The van der Waals surface area contributed by atoms with Gasteiger partial charge in [0, 0.05) is 18.9 Å². The third kappa shape index (κ3) is 3.82. The van der Waals surface area contributed by atoms with E-state index < -0.39 is 11.7 Å².